The minimum Gasteiger partial charge on any atom is -0.453 e. The van der Waals surface area contributed by atoms with Crippen molar-refractivity contribution in [2.24, 2.45) is 0 Å². The number of rotatable bonds is 4. The van der Waals surface area contributed by atoms with Gasteiger partial charge in [0.25, 0.3) is 0 Å². The molecule has 11 rings (SSSR count). The normalized spacial score (nSPS) is 14.8. The lowest BCUT2D eigenvalue weighted by Gasteiger charge is -2.33. The number of benzene rings is 8. The second-order valence-corrected chi connectivity index (χ2v) is 16.6. The van der Waals surface area contributed by atoms with Crippen molar-refractivity contribution in [3.8, 4) is 67.1 Å². The van der Waals surface area contributed by atoms with E-state index in [2.05, 4.69) is 209 Å². The SMILES string of the molecule is CC1(C)c2ccccc2-c2ccc(-c3ccc4c(c3)Oc3cc(-c5ccc6c(c5)C(C)(C)c5ccccc5-6)ccc3N4c3ccc(-c4ccccc4)cc3)cc21. The van der Waals surface area contributed by atoms with Crippen molar-refractivity contribution in [2.75, 3.05) is 4.90 Å². The van der Waals surface area contributed by atoms with Crippen LogP contribution < -0.4 is 9.64 Å². The monoisotopic (exact) mass is 719 g/mol. The summed E-state index contributed by atoms with van der Waals surface area (Å²) in [6.45, 7) is 9.36. The fraction of sp³-hybridized carbons (Fsp3) is 0.111. The largest absolute Gasteiger partial charge is 0.453 e. The first kappa shape index (κ1) is 32.8. The Morgan fingerprint density at radius 2 is 0.732 bits per heavy atom. The van der Waals surface area contributed by atoms with Crippen LogP contribution >= 0.6 is 0 Å². The summed E-state index contributed by atoms with van der Waals surface area (Å²) < 4.78 is 6.97. The smallest absolute Gasteiger partial charge is 0.152 e. The Morgan fingerprint density at radius 3 is 1.25 bits per heavy atom. The zero-order valence-electron chi connectivity index (χ0n) is 32.1. The van der Waals surface area contributed by atoms with Gasteiger partial charge < -0.3 is 9.64 Å². The summed E-state index contributed by atoms with van der Waals surface area (Å²) in [4.78, 5) is 2.35. The molecule has 268 valence electrons. The molecule has 2 heteroatoms. The Balaban J connectivity index is 1.02. The van der Waals surface area contributed by atoms with Gasteiger partial charge in [-0.25, -0.2) is 0 Å². The molecule has 0 radical (unpaired) electrons. The lowest BCUT2D eigenvalue weighted by Crippen LogP contribution is -2.16. The summed E-state index contributed by atoms with van der Waals surface area (Å²) >= 11 is 0. The van der Waals surface area contributed by atoms with Gasteiger partial charge in [-0.2, -0.15) is 0 Å². The molecule has 2 aliphatic carbocycles. The van der Waals surface area contributed by atoms with Crippen molar-refractivity contribution < 1.29 is 4.74 Å². The molecule has 0 atom stereocenters. The van der Waals surface area contributed by atoms with Crippen LogP contribution in [-0.4, -0.2) is 0 Å². The number of ether oxygens (including phenoxy) is 1. The van der Waals surface area contributed by atoms with E-state index in [0.29, 0.717) is 0 Å². The summed E-state index contributed by atoms with van der Waals surface area (Å²) in [5.41, 5.74) is 20.9. The zero-order chi connectivity index (χ0) is 37.8. The minimum atomic E-state index is -0.0692. The summed E-state index contributed by atoms with van der Waals surface area (Å²) in [5, 5.41) is 0. The predicted octanol–water partition coefficient (Wildman–Crippen LogP) is 14.9. The minimum absolute atomic E-state index is 0.0692. The van der Waals surface area contributed by atoms with Crippen LogP contribution in [0.3, 0.4) is 0 Å². The molecule has 1 aliphatic heterocycles. The Bertz CT molecular complexity index is 2720. The quantitative estimate of drug-likeness (QED) is 0.180. The van der Waals surface area contributed by atoms with E-state index in [-0.39, 0.29) is 10.8 Å². The Labute approximate surface area is 329 Å². The summed E-state index contributed by atoms with van der Waals surface area (Å²) in [6.07, 6.45) is 0. The number of hydrogen-bond donors (Lipinski definition) is 0. The van der Waals surface area contributed by atoms with E-state index < -0.39 is 0 Å². The second kappa shape index (κ2) is 11.9. The first-order valence-corrected chi connectivity index (χ1v) is 19.7. The third kappa shape index (κ3) is 4.82. The first-order chi connectivity index (χ1) is 27.3. The number of hydrogen-bond acceptors (Lipinski definition) is 2. The Kier molecular flexibility index (Phi) is 6.98. The van der Waals surface area contributed by atoms with Gasteiger partial charge in [-0.15, -0.1) is 0 Å². The maximum Gasteiger partial charge on any atom is 0.152 e. The molecular formula is C54H41NO. The average Bonchev–Trinajstić information content (AvgIpc) is 3.61. The maximum absolute atomic E-state index is 6.97. The van der Waals surface area contributed by atoms with Crippen molar-refractivity contribution in [2.45, 2.75) is 38.5 Å². The maximum atomic E-state index is 6.97. The van der Waals surface area contributed by atoms with E-state index in [0.717, 1.165) is 39.7 Å². The molecule has 0 spiro atoms. The van der Waals surface area contributed by atoms with Crippen LogP contribution in [0.1, 0.15) is 49.9 Å². The zero-order valence-corrected chi connectivity index (χ0v) is 32.1. The molecule has 0 fully saturated rings. The fourth-order valence-electron chi connectivity index (χ4n) is 9.65. The first-order valence-electron chi connectivity index (χ1n) is 19.7. The highest BCUT2D eigenvalue weighted by Crippen LogP contribution is 2.55. The molecule has 0 bridgehead atoms. The molecule has 0 saturated carbocycles. The third-order valence-electron chi connectivity index (χ3n) is 12.7. The summed E-state index contributed by atoms with van der Waals surface area (Å²) in [7, 11) is 0. The summed E-state index contributed by atoms with van der Waals surface area (Å²) in [5.74, 6) is 1.68. The van der Waals surface area contributed by atoms with Crippen LogP contribution in [0, 0.1) is 0 Å². The molecule has 1 heterocycles. The van der Waals surface area contributed by atoms with Crippen molar-refractivity contribution >= 4 is 17.1 Å². The van der Waals surface area contributed by atoms with E-state index in [1.165, 1.54) is 66.8 Å². The van der Waals surface area contributed by atoms with Gasteiger partial charge in [-0.1, -0.05) is 155 Å². The molecule has 3 aliphatic rings. The number of anilines is 3. The second-order valence-electron chi connectivity index (χ2n) is 16.6. The fourth-order valence-corrected chi connectivity index (χ4v) is 9.65. The topological polar surface area (TPSA) is 12.5 Å². The molecule has 0 amide bonds. The third-order valence-corrected chi connectivity index (χ3v) is 12.7. The van der Waals surface area contributed by atoms with Crippen molar-refractivity contribution in [3.05, 3.63) is 198 Å². The van der Waals surface area contributed by atoms with Crippen LogP contribution in [-0.2, 0) is 10.8 Å². The van der Waals surface area contributed by atoms with Crippen molar-refractivity contribution in [1.29, 1.82) is 0 Å². The van der Waals surface area contributed by atoms with Gasteiger partial charge in [0, 0.05) is 16.5 Å². The standard InChI is InChI=1S/C54H41NO/c1-53(2)45-16-10-8-14-41(45)43-26-20-36(30-47(43)53)38-22-28-49-51(32-38)56-52-33-39(37-21-27-44-42-15-9-11-17-46(42)54(3,4)48(44)31-37)23-29-50(52)55(49)40-24-18-35(19-25-40)34-12-6-5-7-13-34/h5-33H,1-4H3. The van der Waals surface area contributed by atoms with Gasteiger partial charge in [0.15, 0.2) is 11.5 Å². The van der Waals surface area contributed by atoms with Crippen molar-refractivity contribution in [3.63, 3.8) is 0 Å². The van der Waals surface area contributed by atoms with E-state index >= 15 is 0 Å². The lowest BCUT2D eigenvalue weighted by atomic mass is 9.81. The molecule has 0 saturated heterocycles. The number of nitrogens with zero attached hydrogens (tertiary/aromatic N) is 1. The molecular weight excluding hydrogens is 679 g/mol. The van der Waals surface area contributed by atoms with Gasteiger partial charge in [0.2, 0.25) is 0 Å². The molecule has 0 N–H and O–H groups in total. The Hall–Kier alpha value is -6.64. The van der Waals surface area contributed by atoms with Crippen LogP contribution in [0.2, 0.25) is 0 Å². The summed E-state index contributed by atoms with van der Waals surface area (Å²) in [6, 6.07) is 64.4. The molecule has 0 unspecified atom stereocenters. The molecule has 2 nitrogen and oxygen atoms in total. The van der Waals surface area contributed by atoms with E-state index in [1.54, 1.807) is 0 Å². The van der Waals surface area contributed by atoms with Gasteiger partial charge in [0.1, 0.15) is 0 Å². The van der Waals surface area contributed by atoms with Gasteiger partial charge in [-0.05, 0) is 126 Å². The van der Waals surface area contributed by atoms with Gasteiger partial charge in [-0.3, -0.25) is 0 Å². The highest BCUT2D eigenvalue weighted by Gasteiger charge is 2.37. The van der Waals surface area contributed by atoms with Gasteiger partial charge >= 0.3 is 0 Å². The highest BCUT2D eigenvalue weighted by molar-refractivity contribution is 5.91. The predicted molar refractivity (Wildman–Crippen MR) is 233 cm³/mol. The van der Waals surface area contributed by atoms with Crippen LogP contribution in [0.5, 0.6) is 11.5 Å². The van der Waals surface area contributed by atoms with Crippen molar-refractivity contribution in [1.82, 2.24) is 0 Å². The average molecular weight is 720 g/mol. The molecule has 8 aromatic rings. The molecule has 56 heavy (non-hydrogen) atoms. The van der Waals surface area contributed by atoms with Crippen LogP contribution in [0.4, 0.5) is 17.1 Å². The lowest BCUT2D eigenvalue weighted by molar-refractivity contribution is 0.477. The molecule has 0 aromatic heterocycles. The van der Waals surface area contributed by atoms with Crippen LogP contribution in [0.15, 0.2) is 176 Å². The van der Waals surface area contributed by atoms with E-state index in [1.807, 2.05) is 0 Å². The van der Waals surface area contributed by atoms with E-state index in [9.17, 15) is 0 Å². The van der Waals surface area contributed by atoms with Gasteiger partial charge in [0.05, 0.1) is 11.4 Å². The van der Waals surface area contributed by atoms with E-state index in [4.69, 9.17) is 4.74 Å². The highest BCUT2D eigenvalue weighted by atomic mass is 16.5. The molecule has 8 aromatic carbocycles. The Morgan fingerprint density at radius 1 is 0.339 bits per heavy atom. The van der Waals surface area contributed by atoms with Crippen LogP contribution in [0.25, 0.3) is 55.6 Å². The number of fused-ring (bicyclic) bond motifs is 8.